The molecule has 3 rings (SSSR count). The molecule has 0 saturated carbocycles. The minimum absolute atomic E-state index is 0.119. The van der Waals surface area contributed by atoms with E-state index in [1.54, 1.807) is 49.5 Å². The van der Waals surface area contributed by atoms with Crippen LogP contribution in [0.25, 0.3) is 0 Å². The molecule has 1 amide bonds. The predicted molar refractivity (Wildman–Crippen MR) is 130 cm³/mol. The quantitative estimate of drug-likeness (QED) is 0.481. The molecule has 0 aliphatic heterocycles. The number of hydrogen-bond acceptors (Lipinski definition) is 3. The fraction of sp³-hybridized carbons (Fsp3) is 0.240. The van der Waals surface area contributed by atoms with Crippen LogP contribution in [0.4, 0.5) is 5.69 Å². The van der Waals surface area contributed by atoms with Gasteiger partial charge >= 0.3 is 0 Å². The average molecular weight is 471 g/mol. The van der Waals surface area contributed by atoms with Crippen molar-refractivity contribution >= 4 is 33.2 Å². The molecule has 0 aliphatic carbocycles. The van der Waals surface area contributed by atoms with Crippen LogP contribution in [0, 0.1) is 20.8 Å². The number of halogens is 1. The van der Waals surface area contributed by atoms with Crippen LogP contribution in [-0.4, -0.2) is 32.8 Å². The Labute approximate surface area is 195 Å². The van der Waals surface area contributed by atoms with E-state index in [9.17, 15) is 13.2 Å². The van der Waals surface area contributed by atoms with Gasteiger partial charge in [-0.15, -0.1) is 0 Å². The highest BCUT2D eigenvalue weighted by atomic mass is 35.5. The summed E-state index contributed by atoms with van der Waals surface area (Å²) in [6.07, 6.45) is 0. The molecule has 0 aromatic heterocycles. The van der Waals surface area contributed by atoms with Crippen LogP contribution in [0.1, 0.15) is 22.3 Å². The van der Waals surface area contributed by atoms with Crippen LogP contribution in [0.15, 0.2) is 71.6 Å². The Morgan fingerprint density at radius 3 is 2.00 bits per heavy atom. The lowest BCUT2D eigenvalue weighted by Crippen LogP contribution is -2.41. The summed E-state index contributed by atoms with van der Waals surface area (Å²) in [5.41, 5.74) is 4.22. The first-order valence-corrected chi connectivity index (χ1v) is 12.0. The second-order valence-corrected chi connectivity index (χ2v) is 10.3. The zero-order valence-corrected chi connectivity index (χ0v) is 20.2. The molecule has 0 bridgehead atoms. The highest BCUT2D eigenvalue weighted by molar-refractivity contribution is 7.92. The number of rotatable bonds is 7. The van der Waals surface area contributed by atoms with Crippen LogP contribution >= 0.6 is 11.6 Å². The van der Waals surface area contributed by atoms with Crippen molar-refractivity contribution in [3.63, 3.8) is 0 Å². The molecule has 0 aliphatic rings. The smallest absolute Gasteiger partial charge is 0.264 e. The molecule has 0 heterocycles. The molecule has 168 valence electrons. The maximum atomic E-state index is 13.5. The van der Waals surface area contributed by atoms with E-state index in [2.05, 4.69) is 0 Å². The monoisotopic (exact) mass is 470 g/mol. The Morgan fingerprint density at radius 1 is 0.875 bits per heavy atom. The molecule has 3 aromatic carbocycles. The lowest BCUT2D eigenvalue weighted by atomic mass is 10.1. The Kier molecular flexibility index (Phi) is 7.26. The first-order chi connectivity index (χ1) is 15.1. The minimum atomic E-state index is -3.98. The summed E-state index contributed by atoms with van der Waals surface area (Å²) in [6, 6.07) is 19.4. The molecule has 0 atom stereocenters. The highest BCUT2D eigenvalue weighted by Crippen LogP contribution is 2.28. The van der Waals surface area contributed by atoms with Crippen LogP contribution in [0.5, 0.6) is 0 Å². The second kappa shape index (κ2) is 9.76. The molecule has 0 saturated heterocycles. The van der Waals surface area contributed by atoms with Crippen molar-refractivity contribution in [2.75, 3.05) is 17.9 Å². The van der Waals surface area contributed by atoms with E-state index in [4.69, 9.17) is 11.6 Å². The Morgan fingerprint density at radius 2 is 1.44 bits per heavy atom. The average Bonchev–Trinajstić information content (AvgIpc) is 2.75. The molecule has 0 fully saturated rings. The van der Waals surface area contributed by atoms with Gasteiger partial charge in [-0.2, -0.15) is 0 Å². The topological polar surface area (TPSA) is 57.7 Å². The molecule has 0 N–H and O–H groups in total. The van der Waals surface area contributed by atoms with Crippen LogP contribution < -0.4 is 4.31 Å². The summed E-state index contributed by atoms with van der Waals surface area (Å²) < 4.78 is 28.1. The number of carbonyl (C=O) groups excluding carboxylic acids is 1. The van der Waals surface area contributed by atoms with Crippen molar-refractivity contribution in [2.24, 2.45) is 0 Å². The van der Waals surface area contributed by atoms with Gasteiger partial charge in [-0.1, -0.05) is 65.2 Å². The maximum Gasteiger partial charge on any atom is 0.264 e. The molecule has 32 heavy (non-hydrogen) atoms. The molecule has 0 spiro atoms. The largest absolute Gasteiger partial charge is 0.340 e. The van der Waals surface area contributed by atoms with Gasteiger partial charge in [0.1, 0.15) is 6.54 Å². The third kappa shape index (κ3) is 5.50. The Balaban J connectivity index is 1.93. The summed E-state index contributed by atoms with van der Waals surface area (Å²) in [4.78, 5) is 14.7. The highest BCUT2D eigenvalue weighted by Gasteiger charge is 2.28. The van der Waals surface area contributed by atoms with Gasteiger partial charge in [-0.05, 0) is 56.2 Å². The number of amides is 1. The fourth-order valence-electron chi connectivity index (χ4n) is 3.19. The number of carbonyl (C=O) groups is 1. The normalized spacial score (nSPS) is 11.3. The van der Waals surface area contributed by atoms with E-state index >= 15 is 0 Å². The van der Waals surface area contributed by atoms with E-state index < -0.39 is 10.0 Å². The van der Waals surface area contributed by atoms with Crippen molar-refractivity contribution in [2.45, 2.75) is 32.2 Å². The molecular weight excluding hydrogens is 444 g/mol. The van der Waals surface area contributed by atoms with Crippen molar-refractivity contribution in [3.8, 4) is 0 Å². The van der Waals surface area contributed by atoms with Crippen molar-refractivity contribution < 1.29 is 13.2 Å². The van der Waals surface area contributed by atoms with Gasteiger partial charge < -0.3 is 4.90 Å². The lowest BCUT2D eigenvalue weighted by Gasteiger charge is -2.27. The van der Waals surface area contributed by atoms with Crippen molar-refractivity contribution in [1.29, 1.82) is 0 Å². The number of hydrogen-bond donors (Lipinski definition) is 0. The van der Waals surface area contributed by atoms with E-state index in [1.165, 1.54) is 4.90 Å². The number of likely N-dealkylation sites (N-methyl/N-ethyl adjacent to an activating group) is 1. The predicted octanol–water partition coefficient (Wildman–Crippen LogP) is 5.12. The zero-order chi connectivity index (χ0) is 23.5. The minimum Gasteiger partial charge on any atom is -0.340 e. The zero-order valence-electron chi connectivity index (χ0n) is 18.7. The van der Waals surface area contributed by atoms with E-state index in [1.807, 2.05) is 45.0 Å². The summed E-state index contributed by atoms with van der Waals surface area (Å²) in [6.45, 7) is 5.77. The SMILES string of the molecule is Cc1ccc(CN(C)C(=O)CN(c2ccc(C)c(Cl)c2)S(=O)(=O)c2ccc(C)cc2)cc1. The summed E-state index contributed by atoms with van der Waals surface area (Å²) in [7, 11) is -2.31. The Hall–Kier alpha value is -2.83. The van der Waals surface area contributed by atoms with Crippen molar-refractivity contribution in [3.05, 3.63) is 94.0 Å². The van der Waals surface area contributed by atoms with Crippen LogP contribution in [0.2, 0.25) is 5.02 Å². The molecule has 0 radical (unpaired) electrons. The van der Waals surface area contributed by atoms with Gasteiger partial charge in [-0.3, -0.25) is 9.10 Å². The Bertz CT molecular complexity index is 1210. The fourth-order valence-corrected chi connectivity index (χ4v) is 4.77. The maximum absolute atomic E-state index is 13.5. The molecule has 3 aromatic rings. The summed E-state index contributed by atoms with van der Waals surface area (Å²) in [5, 5.41) is 0.437. The van der Waals surface area contributed by atoms with Gasteiger partial charge in [0.05, 0.1) is 10.6 Å². The lowest BCUT2D eigenvalue weighted by molar-refractivity contribution is -0.128. The summed E-state index contributed by atoms with van der Waals surface area (Å²) >= 11 is 6.28. The van der Waals surface area contributed by atoms with Gasteiger partial charge in [0.25, 0.3) is 10.0 Å². The summed E-state index contributed by atoms with van der Waals surface area (Å²) in [5.74, 6) is -0.321. The number of sulfonamides is 1. The second-order valence-electron chi connectivity index (χ2n) is 7.99. The van der Waals surface area contributed by atoms with Gasteiger partial charge in [0, 0.05) is 18.6 Å². The van der Waals surface area contributed by atoms with E-state index in [-0.39, 0.29) is 17.3 Å². The number of nitrogens with zero attached hydrogens (tertiary/aromatic N) is 2. The van der Waals surface area contributed by atoms with Crippen molar-refractivity contribution in [1.82, 2.24) is 4.90 Å². The van der Waals surface area contributed by atoms with Crippen LogP contribution in [0.3, 0.4) is 0 Å². The third-order valence-electron chi connectivity index (χ3n) is 5.30. The standard InChI is InChI=1S/C25H27ClN2O3S/c1-18-5-10-21(11-6-18)16-27(4)25(29)17-28(22-12-9-20(3)24(26)15-22)32(30,31)23-13-7-19(2)8-14-23/h5-15H,16-17H2,1-4H3. The first-order valence-electron chi connectivity index (χ1n) is 10.2. The van der Waals surface area contributed by atoms with E-state index in [0.29, 0.717) is 17.3 Å². The van der Waals surface area contributed by atoms with Gasteiger partial charge in [0.2, 0.25) is 5.91 Å². The van der Waals surface area contributed by atoms with Gasteiger partial charge in [0.15, 0.2) is 0 Å². The third-order valence-corrected chi connectivity index (χ3v) is 7.49. The first kappa shape index (κ1) is 23.8. The van der Waals surface area contributed by atoms with E-state index in [0.717, 1.165) is 26.6 Å². The number of benzene rings is 3. The molecular formula is C25H27ClN2O3S. The molecule has 0 unspecified atom stereocenters. The van der Waals surface area contributed by atoms with Gasteiger partial charge in [-0.25, -0.2) is 8.42 Å². The number of anilines is 1. The van der Waals surface area contributed by atoms with Crippen LogP contribution in [-0.2, 0) is 21.4 Å². The molecule has 7 heteroatoms. The number of aryl methyl sites for hydroxylation is 3. The molecule has 5 nitrogen and oxygen atoms in total.